The number of ether oxygens (including phenoxy) is 1. The second-order valence-corrected chi connectivity index (χ2v) is 9.07. The van der Waals surface area contributed by atoms with Crippen LogP contribution >= 0.6 is 0 Å². The highest BCUT2D eigenvalue weighted by atomic mass is 16.5. The molecule has 0 fully saturated rings. The van der Waals surface area contributed by atoms with Crippen LogP contribution in [0.15, 0.2) is 54.9 Å². The quantitative estimate of drug-likeness (QED) is 0.217. The van der Waals surface area contributed by atoms with Gasteiger partial charge >= 0.3 is 0 Å². The molecular formula is C28H41N3O4. The maximum absolute atomic E-state index is 10.3. The van der Waals surface area contributed by atoms with Gasteiger partial charge in [0.1, 0.15) is 5.75 Å². The van der Waals surface area contributed by atoms with E-state index in [2.05, 4.69) is 46.0 Å². The second kappa shape index (κ2) is 15.4. The first-order valence-corrected chi connectivity index (χ1v) is 12.8. The zero-order valence-electron chi connectivity index (χ0n) is 20.7. The SMILES string of the molecule is OCc1cc([C@@H](O)CNCCCCCCOCCCCc2cccc(N3C=CNC3)c2)ccc1O. The van der Waals surface area contributed by atoms with Crippen molar-refractivity contribution in [2.24, 2.45) is 0 Å². The van der Waals surface area contributed by atoms with Crippen LogP contribution in [-0.4, -0.2) is 48.3 Å². The predicted octanol–water partition coefficient (Wildman–Crippen LogP) is 3.95. The third-order valence-corrected chi connectivity index (χ3v) is 6.27. The molecule has 0 amide bonds. The number of benzene rings is 2. The molecule has 0 bridgehead atoms. The van der Waals surface area contributed by atoms with Gasteiger partial charge in [0.15, 0.2) is 0 Å². The number of anilines is 1. The lowest BCUT2D eigenvalue weighted by Crippen LogP contribution is -2.22. The average Bonchev–Trinajstić information content (AvgIpc) is 3.42. The summed E-state index contributed by atoms with van der Waals surface area (Å²) in [5.74, 6) is 0.0510. The fraction of sp³-hybridized carbons (Fsp3) is 0.500. The van der Waals surface area contributed by atoms with Crippen LogP contribution in [0.4, 0.5) is 5.69 Å². The Morgan fingerprint density at radius 1 is 1.00 bits per heavy atom. The minimum atomic E-state index is -0.655. The van der Waals surface area contributed by atoms with Crippen LogP contribution in [0.2, 0.25) is 0 Å². The summed E-state index contributed by atoms with van der Waals surface area (Å²) in [6, 6.07) is 13.6. The molecule has 1 aliphatic heterocycles. The van der Waals surface area contributed by atoms with Gasteiger partial charge in [0.25, 0.3) is 0 Å². The molecule has 0 aromatic heterocycles. The average molecular weight is 484 g/mol. The van der Waals surface area contributed by atoms with E-state index in [0.717, 1.165) is 71.4 Å². The molecule has 7 nitrogen and oxygen atoms in total. The number of aliphatic hydroxyl groups is 2. The Morgan fingerprint density at radius 2 is 1.83 bits per heavy atom. The Balaban J connectivity index is 1.13. The molecule has 1 aliphatic rings. The molecule has 0 aliphatic carbocycles. The van der Waals surface area contributed by atoms with Crippen LogP contribution in [0, 0.1) is 0 Å². The van der Waals surface area contributed by atoms with E-state index in [4.69, 9.17) is 4.74 Å². The van der Waals surface area contributed by atoms with Crippen LogP contribution in [0.1, 0.15) is 61.3 Å². The zero-order valence-corrected chi connectivity index (χ0v) is 20.7. The van der Waals surface area contributed by atoms with E-state index >= 15 is 0 Å². The molecule has 1 atom stereocenters. The summed E-state index contributed by atoms with van der Waals surface area (Å²) in [6.45, 7) is 3.56. The molecule has 2 aromatic carbocycles. The lowest BCUT2D eigenvalue weighted by molar-refractivity contribution is 0.126. The van der Waals surface area contributed by atoms with Gasteiger partial charge < -0.3 is 35.6 Å². The highest BCUT2D eigenvalue weighted by Gasteiger charge is 2.10. The van der Waals surface area contributed by atoms with Crippen LogP contribution in [-0.2, 0) is 17.8 Å². The van der Waals surface area contributed by atoms with Crippen LogP contribution in [0.25, 0.3) is 0 Å². The molecule has 1 heterocycles. The highest BCUT2D eigenvalue weighted by Crippen LogP contribution is 2.22. The summed E-state index contributed by atoms with van der Waals surface area (Å²) in [6.07, 6.45) is 11.1. The molecule has 0 radical (unpaired) electrons. The normalized spacial score (nSPS) is 13.8. The molecule has 0 saturated heterocycles. The number of aromatic hydroxyl groups is 1. The molecular weight excluding hydrogens is 442 g/mol. The molecule has 35 heavy (non-hydrogen) atoms. The van der Waals surface area contributed by atoms with Gasteiger partial charge in [-0.15, -0.1) is 0 Å². The van der Waals surface area contributed by atoms with Gasteiger partial charge in [-0.25, -0.2) is 0 Å². The van der Waals surface area contributed by atoms with Crippen molar-refractivity contribution in [3.63, 3.8) is 0 Å². The molecule has 5 N–H and O–H groups in total. The van der Waals surface area contributed by atoms with E-state index in [-0.39, 0.29) is 12.4 Å². The number of aryl methyl sites for hydroxylation is 1. The fourth-order valence-electron chi connectivity index (χ4n) is 4.15. The highest BCUT2D eigenvalue weighted by molar-refractivity contribution is 5.52. The first-order valence-electron chi connectivity index (χ1n) is 12.8. The third kappa shape index (κ3) is 9.53. The number of unbranched alkanes of at least 4 members (excludes halogenated alkanes) is 4. The molecule has 192 valence electrons. The topological polar surface area (TPSA) is 97.2 Å². The molecule has 3 rings (SSSR count). The predicted molar refractivity (Wildman–Crippen MR) is 140 cm³/mol. The first-order chi connectivity index (χ1) is 17.2. The van der Waals surface area contributed by atoms with Crippen molar-refractivity contribution in [3.05, 3.63) is 71.6 Å². The van der Waals surface area contributed by atoms with E-state index in [1.165, 1.54) is 17.3 Å². The molecule has 0 saturated carbocycles. The van der Waals surface area contributed by atoms with Crippen molar-refractivity contribution >= 4 is 5.69 Å². The van der Waals surface area contributed by atoms with Crippen LogP contribution in [0.5, 0.6) is 5.75 Å². The number of phenols is 1. The zero-order chi connectivity index (χ0) is 24.7. The summed E-state index contributed by atoms with van der Waals surface area (Å²) in [5, 5.41) is 35.6. The first kappa shape index (κ1) is 27.0. The van der Waals surface area contributed by atoms with Crippen molar-refractivity contribution in [2.75, 3.05) is 37.9 Å². The van der Waals surface area contributed by atoms with Gasteiger partial charge in [0.05, 0.1) is 19.4 Å². The molecule has 0 unspecified atom stereocenters. The van der Waals surface area contributed by atoms with Crippen molar-refractivity contribution in [2.45, 2.75) is 57.7 Å². The number of hydrogen-bond donors (Lipinski definition) is 5. The van der Waals surface area contributed by atoms with E-state index < -0.39 is 6.10 Å². The summed E-state index contributed by atoms with van der Waals surface area (Å²) in [5.41, 5.74) is 3.74. The van der Waals surface area contributed by atoms with Gasteiger partial charge in [-0.3, -0.25) is 0 Å². The Morgan fingerprint density at radius 3 is 2.63 bits per heavy atom. The van der Waals surface area contributed by atoms with Crippen molar-refractivity contribution in [1.82, 2.24) is 10.6 Å². The van der Waals surface area contributed by atoms with Gasteiger partial charge in [-0.05, 0) is 74.0 Å². The van der Waals surface area contributed by atoms with Crippen molar-refractivity contribution in [1.29, 1.82) is 0 Å². The van der Waals surface area contributed by atoms with E-state index in [1.54, 1.807) is 12.1 Å². The van der Waals surface area contributed by atoms with Gasteiger partial charge in [0.2, 0.25) is 0 Å². The third-order valence-electron chi connectivity index (χ3n) is 6.27. The van der Waals surface area contributed by atoms with Gasteiger partial charge in [-0.1, -0.05) is 31.0 Å². The minimum absolute atomic E-state index is 0.0510. The number of nitrogens with one attached hydrogen (secondary N) is 2. The smallest absolute Gasteiger partial charge is 0.121 e. The lowest BCUT2D eigenvalue weighted by atomic mass is 10.1. The minimum Gasteiger partial charge on any atom is -0.508 e. The van der Waals surface area contributed by atoms with Crippen LogP contribution in [0.3, 0.4) is 0 Å². The second-order valence-electron chi connectivity index (χ2n) is 9.07. The lowest BCUT2D eigenvalue weighted by Gasteiger charge is -2.15. The Kier molecular flexibility index (Phi) is 11.9. The van der Waals surface area contributed by atoms with E-state index in [1.807, 2.05) is 6.20 Å². The Bertz CT molecular complexity index is 906. The maximum atomic E-state index is 10.3. The van der Waals surface area contributed by atoms with Crippen LogP contribution < -0.4 is 15.5 Å². The van der Waals surface area contributed by atoms with Crippen molar-refractivity contribution < 1.29 is 20.1 Å². The largest absolute Gasteiger partial charge is 0.508 e. The molecule has 7 heteroatoms. The number of nitrogens with zero attached hydrogens (tertiary/aromatic N) is 1. The summed E-state index contributed by atoms with van der Waals surface area (Å²) >= 11 is 0. The number of aliphatic hydroxyl groups excluding tert-OH is 2. The van der Waals surface area contributed by atoms with E-state index in [9.17, 15) is 15.3 Å². The number of hydrogen-bond acceptors (Lipinski definition) is 7. The number of rotatable bonds is 17. The molecule has 0 spiro atoms. The fourth-order valence-corrected chi connectivity index (χ4v) is 4.15. The maximum Gasteiger partial charge on any atom is 0.121 e. The van der Waals surface area contributed by atoms with E-state index in [0.29, 0.717) is 17.7 Å². The van der Waals surface area contributed by atoms with Crippen molar-refractivity contribution in [3.8, 4) is 5.75 Å². The van der Waals surface area contributed by atoms with Gasteiger partial charge in [0, 0.05) is 43.4 Å². The monoisotopic (exact) mass is 483 g/mol. The Labute approximate surface area is 209 Å². The molecule has 2 aromatic rings. The van der Waals surface area contributed by atoms with Gasteiger partial charge in [-0.2, -0.15) is 0 Å². The summed E-state index contributed by atoms with van der Waals surface area (Å²) in [7, 11) is 0. The Hall–Kier alpha value is -2.58. The summed E-state index contributed by atoms with van der Waals surface area (Å²) < 4.78 is 5.80. The summed E-state index contributed by atoms with van der Waals surface area (Å²) in [4.78, 5) is 2.21. The standard InChI is InChI=1S/C28H41N3O4/c32-21-25-19-24(11-12-27(25)33)28(34)20-29-13-4-1-2-5-16-35-17-6-3-8-23-9-7-10-26(18-23)31-15-14-30-22-31/h7,9-12,14-15,18-19,28-30,32-34H,1-6,8,13,16-17,20-22H2/t28-/m0/s1.